The molecule has 0 aliphatic heterocycles. The summed E-state index contributed by atoms with van der Waals surface area (Å²) in [4.78, 5) is 24.1. The van der Waals surface area contributed by atoms with Gasteiger partial charge in [0.1, 0.15) is 5.75 Å². The molecule has 0 aliphatic rings. The Balaban J connectivity index is 2.85. The summed E-state index contributed by atoms with van der Waals surface area (Å²) in [5, 5.41) is 9.13. The van der Waals surface area contributed by atoms with Crippen LogP contribution in [0.4, 0.5) is 0 Å². The molecule has 0 spiro atoms. The van der Waals surface area contributed by atoms with Gasteiger partial charge in [0.15, 0.2) is 0 Å². The average Bonchev–Trinajstić information content (AvgIpc) is 2.39. The molecular weight excluding hydrogens is 305 g/mol. The Morgan fingerprint density at radius 1 is 1.30 bits per heavy atom. The van der Waals surface area contributed by atoms with Gasteiger partial charge in [-0.3, -0.25) is 9.59 Å². The Hall–Kier alpha value is -1.46. The fourth-order valence-electron chi connectivity index (χ4n) is 1.64. The predicted octanol–water partition coefficient (Wildman–Crippen LogP) is 2.94. The molecule has 0 bridgehead atoms. The van der Waals surface area contributed by atoms with Gasteiger partial charge in [-0.25, -0.2) is 0 Å². The fourth-order valence-corrected chi connectivity index (χ4v) is 1.96. The summed E-state index contributed by atoms with van der Waals surface area (Å²) >= 11 is 11.8. The molecule has 0 fully saturated rings. The number of carbonyl (C=O) groups is 2. The number of amides is 1. The summed E-state index contributed by atoms with van der Waals surface area (Å²) in [7, 11) is 3.02. The van der Waals surface area contributed by atoms with E-state index >= 15 is 0 Å². The van der Waals surface area contributed by atoms with Crippen molar-refractivity contribution >= 4 is 35.1 Å². The number of benzene rings is 1. The number of carboxylic acid groups (broad SMARTS) is 1. The van der Waals surface area contributed by atoms with Gasteiger partial charge in [0, 0.05) is 26.1 Å². The Morgan fingerprint density at radius 3 is 2.45 bits per heavy atom. The van der Waals surface area contributed by atoms with Gasteiger partial charge in [-0.05, 0) is 12.5 Å². The van der Waals surface area contributed by atoms with E-state index in [0.717, 1.165) is 0 Å². The molecule has 0 heterocycles. The predicted molar refractivity (Wildman–Crippen MR) is 76.8 cm³/mol. The largest absolute Gasteiger partial charge is 0.496 e. The molecular formula is C13H15Cl2NO4. The minimum atomic E-state index is -0.891. The molecule has 0 atom stereocenters. The minimum Gasteiger partial charge on any atom is -0.496 e. The lowest BCUT2D eigenvalue weighted by molar-refractivity contribution is -0.137. The highest BCUT2D eigenvalue weighted by Crippen LogP contribution is 2.31. The van der Waals surface area contributed by atoms with E-state index in [4.69, 9.17) is 33.0 Å². The van der Waals surface area contributed by atoms with Gasteiger partial charge in [0.25, 0.3) is 5.91 Å². The summed E-state index contributed by atoms with van der Waals surface area (Å²) < 4.78 is 5.11. The van der Waals surface area contributed by atoms with Crippen LogP contribution >= 0.6 is 23.2 Å². The number of hydrogen-bond acceptors (Lipinski definition) is 3. The Kier molecular flexibility index (Phi) is 6.10. The number of halogens is 2. The highest BCUT2D eigenvalue weighted by molar-refractivity contribution is 6.42. The van der Waals surface area contributed by atoms with Crippen LogP contribution in [0.5, 0.6) is 5.75 Å². The standard InChI is InChI=1S/C13H15Cl2NO4/c1-16(5-3-4-12(17)18)13(19)8-6-9(14)10(15)7-11(8)20-2/h6-7H,3-5H2,1-2H3,(H,17,18). The van der Waals surface area contributed by atoms with Gasteiger partial charge < -0.3 is 14.7 Å². The smallest absolute Gasteiger partial charge is 0.303 e. The average molecular weight is 320 g/mol. The van der Waals surface area contributed by atoms with Crippen LogP contribution in [-0.4, -0.2) is 42.6 Å². The van der Waals surface area contributed by atoms with E-state index in [0.29, 0.717) is 29.3 Å². The molecule has 0 aliphatic carbocycles. The molecule has 0 unspecified atom stereocenters. The van der Waals surface area contributed by atoms with Gasteiger partial charge in [-0.1, -0.05) is 23.2 Å². The molecule has 0 radical (unpaired) electrons. The molecule has 110 valence electrons. The molecule has 1 aromatic carbocycles. The third-order valence-electron chi connectivity index (χ3n) is 2.70. The maximum atomic E-state index is 12.3. The Morgan fingerprint density at radius 2 is 1.90 bits per heavy atom. The first-order chi connectivity index (χ1) is 9.36. The number of ether oxygens (including phenoxy) is 1. The summed E-state index contributed by atoms with van der Waals surface area (Å²) in [5.74, 6) is -0.863. The van der Waals surface area contributed by atoms with Gasteiger partial charge >= 0.3 is 5.97 Å². The lowest BCUT2D eigenvalue weighted by Crippen LogP contribution is -2.28. The van der Waals surface area contributed by atoms with Crippen molar-refractivity contribution in [1.29, 1.82) is 0 Å². The molecule has 1 amide bonds. The van der Waals surface area contributed by atoms with Crippen molar-refractivity contribution in [2.24, 2.45) is 0 Å². The monoisotopic (exact) mass is 319 g/mol. The third kappa shape index (κ3) is 4.28. The highest BCUT2D eigenvalue weighted by Gasteiger charge is 2.18. The number of hydrogen-bond donors (Lipinski definition) is 1. The maximum absolute atomic E-state index is 12.3. The fraction of sp³-hybridized carbons (Fsp3) is 0.385. The van der Waals surface area contributed by atoms with E-state index in [2.05, 4.69) is 0 Å². The van der Waals surface area contributed by atoms with E-state index in [1.807, 2.05) is 0 Å². The molecule has 1 aromatic rings. The molecule has 5 nitrogen and oxygen atoms in total. The first-order valence-corrected chi connectivity index (χ1v) is 6.62. The summed E-state index contributed by atoms with van der Waals surface area (Å²) in [6.07, 6.45) is 0.386. The lowest BCUT2D eigenvalue weighted by atomic mass is 10.1. The number of methoxy groups -OCH3 is 1. The quantitative estimate of drug-likeness (QED) is 0.875. The zero-order valence-corrected chi connectivity index (χ0v) is 12.7. The topological polar surface area (TPSA) is 66.8 Å². The van der Waals surface area contributed by atoms with Gasteiger partial charge in [-0.15, -0.1) is 0 Å². The van der Waals surface area contributed by atoms with Crippen molar-refractivity contribution in [1.82, 2.24) is 4.90 Å². The summed E-state index contributed by atoms with van der Waals surface area (Å²) in [5.41, 5.74) is 0.291. The molecule has 1 rings (SSSR count). The van der Waals surface area contributed by atoms with Crippen LogP contribution in [0.1, 0.15) is 23.2 Å². The summed E-state index contributed by atoms with van der Waals surface area (Å²) in [6, 6.07) is 2.92. The van der Waals surface area contributed by atoms with E-state index in [1.54, 1.807) is 7.05 Å². The second kappa shape index (κ2) is 7.36. The number of carbonyl (C=O) groups excluding carboxylic acids is 1. The Bertz CT molecular complexity index is 519. The summed E-state index contributed by atoms with van der Waals surface area (Å²) in [6.45, 7) is 0.328. The second-order valence-corrected chi connectivity index (χ2v) is 5.01. The first kappa shape index (κ1) is 16.6. The maximum Gasteiger partial charge on any atom is 0.303 e. The van der Waals surface area contributed by atoms with E-state index in [-0.39, 0.29) is 17.4 Å². The zero-order valence-electron chi connectivity index (χ0n) is 11.2. The van der Waals surface area contributed by atoms with Crippen LogP contribution in [0.25, 0.3) is 0 Å². The molecule has 0 saturated heterocycles. The normalized spacial score (nSPS) is 10.2. The zero-order chi connectivity index (χ0) is 15.3. The van der Waals surface area contributed by atoms with Gasteiger partial charge in [-0.2, -0.15) is 0 Å². The molecule has 20 heavy (non-hydrogen) atoms. The van der Waals surface area contributed by atoms with E-state index < -0.39 is 5.97 Å². The van der Waals surface area contributed by atoms with Crippen molar-refractivity contribution in [3.8, 4) is 5.75 Å². The highest BCUT2D eigenvalue weighted by atomic mass is 35.5. The Labute approximate surface area is 127 Å². The number of nitrogens with zero attached hydrogens (tertiary/aromatic N) is 1. The van der Waals surface area contributed by atoms with Crippen LogP contribution < -0.4 is 4.74 Å². The van der Waals surface area contributed by atoms with Crippen LogP contribution in [0, 0.1) is 0 Å². The second-order valence-electron chi connectivity index (χ2n) is 4.19. The third-order valence-corrected chi connectivity index (χ3v) is 3.43. The van der Waals surface area contributed by atoms with Crippen molar-refractivity contribution < 1.29 is 19.4 Å². The van der Waals surface area contributed by atoms with Gasteiger partial charge in [0.2, 0.25) is 0 Å². The molecule has 7 heteroatoms. The van der Waals surface area contributed by atoms with Crippen LogP contribution in [0.15, 0.2) is 12.1 Å². The van der Waals surface area contributed by atoms with E-state index in [1.165, 1.54) is 24.1 Å². The van der Waals surface area contributed by atoms with Crippen LogP contribution in [0.2, 0.25) is 10.0 Å². The molecule has 1 N–H and O–H groups in total. The van der Waals surface area contributed by atoms with Crippen molar-refractivity contribution in [2.75, 3.05) is 20.7 Å². The SMILES string of the molecule is COc1cc(Cl)c(Cl)cc1C(=O)N(C)CCCC(=O)O. The van der Waals surface area contributed by atoms with Crippen molar-refractivity contribution in [2.45, 2.75) is 12.8 Å². The lowest BCUT2D eigenvalue weighted by Gasteiger charge is -2.18. The number of rotatable bonds is 6. The number of carboxylic acids is 1. The number of aliphatic carboxylic acids is 1. The van der Waals surface area contributed by atoms with E-state index in [9.17, 15) is 9.59 Å². The first-order valence-electron chi connectivity index (χ1n) is 5.87. The van der Waals surface area contributed by atoms with Crippen molar-refractivity contribution in [3.05, 3.63) is 27.7 Å². The van der Waals surface area contributed by atoms with Gasteiger partial charge in [0.05, 0.1) is 22.7 Å². The minimum absolute atomic E-state index is 0.0100. The van der Waals surface area contributed by atoms with Crippen molar-refractivity contribution in [3.63, 3.8) is 0 Å². The molecule has 0 saturated carbocycles. The van der Waals surface area contributed by atoms with Crippen LogP contribution in [0.3, 0.4) is 0 Å². The van der Waals surface area contributed by atoms with Crippen LogP contribution in [-0.2, 0) is 4.79 Å². The molecule has 0 aromatic heterocycles.